The minimum absolute atomic E-state index is 0.0148. The second-order valence-corrected chi connectivity index (χ2v) is 15.9. The summed E-state index contributed by atoms with van der Waals surface area (Å²) in [6, 6.07) is 14.9. The summed E-state index contributed by atoms with van der Waals surface area (Å²) in [7, 11) is -1.80. The Morgan fingerprint density at radius 3 is 2.39 bits per heavy atom. The Labute approximate surface area is 198 Å². The first kappa shape index (κ1) is 24.1. The highest BCUT2D eigenvalue weighted by Crippen LogP contribution is 2.42. The molecule has 0 saturated carbocycles. The van der Waals surface area contributed by atoms with Gasteiger partial charge in [0.05, 0.1) is 24.1 Å². The summed E-state index contributed by atoms with van der Waals surface area (Å²) in [5, 5.41) is 3.51. The molecule has 0 bridgehead atoms. The first-order chi connectivity index (χ1) is 15.5. The van der Waals surface area contributed by atoms with Crippen molar-refractivity contribution in [2.45, 2.75) is 76.4 Å². The first-order valence-electron chi connectivity index (χ1n) is 12.0. The van der Waals surface area contributed by atoms with Crippen LogP contribution in [0.1, 0.15) is 56.3 Å². The summed E-state index contributed by atoms with van der Waals surface area (Å²) >= 11 is 0. The van der Waals surface area contributed by atoms with Crippen molar-refractivity contribution in [3.63, 3.8) is 0 Å². The number of hydrogen-bond donors (Lipinski definition) is 1. The maximum absolute atomic E-state index is 13.3. The van der Waals surface area contributed by atoms with Crippen LogP contribution in [0.25, 0.3) is 0 Å². The lowest BCUT2D eigenvalue weighted by molar-refractivity contribution is -0.123. The van der Waals surface area contributed by atoms with Gasteiger partial charge in [-0.05, 0) is 60.3 Å². The van der Waals surface area contributed by atoms with Crippen LogP contribution in [0.4, 0.5) is 4.39 Å². The fourth-order valence-electron chi connectivity index (χ4n) is 4.73. The molecule has 2 aromatic carbocycles. The molecule has 1 saturated heterocycles. The van der Waals surface area contributed by atoms with E-state index in [-0.39, 0.29) is 40.9 Å². The molecule has 0 spiro atoms. The van der Waals surface area contributed by atoms with Gasteiger partial charge < -0.3 is 9.74 Å². The van der Waals surface area contributed by atoms with Gasteiger partial charge in [0.1, 0.15) is 5.82 Å². The molecule has 1 fully saturated rings. The molecule has 1 amide bonds. The van der Waals surface area contributed by atoms with Crippen molar-refractivity contribution in [1.29, 1.82) is 0 Å². The van der Waals surface area contributed by atoms with Crippen LogP contribution < -0.4 is 5.32 Å². The van der Waals surface area contributed by atoms with Gasteiger partial charge in [-0.1, -0.05) is 57.2 Å². The Kier molecular flexibility index (Phi) is 6.55. The fourth-order valence-corrected chi connectivity index (χ4v) is 6.07. The molecule has 1 aliphatic carbocycles. The summed E-state index contributed by atoms with van der Waals surface area (Å²) in [5.41, 5.74) is 3.44. The highest BCUT2D eigenvalue weighted by atomic mass is 28.4. The summed E-state index contributed by atoms with van der Waals surface area (Å²) in [5.74, 6) is -0.634. The quantitative estimate of drug-likeness (QED) is 0.576. The van der Waals surface area contributed by atoms with Crippen molar-refractivity contribution in [1.82, 2.24) is 10.2 Å². The predicted molar refractivity (Wildman–Crippen MR) is 133 cm³/mol. The number of likely N-dealkylation sites (tertiary alicyclic amines) is 1. The second-order valence-electron chi connectivity index (χ2n) is 11.2. The standard InChI is InChI=1S/C27H37FN2O2Si/c1-18(19-11-13-21(28)14-12-19)26(31)29-24-15-20-9-7-8-10-23(20)25(24)30-16-22(17-30)32-33(5,6)27(2,3)4/h7-14,18,22,24-25H,15-17H2,1-6H3,(H,29,31)/t18-,24-,25-/m0/s1. The number of nitrogens with zero attached hydrogens (tertiary/aromatic N) is 1. The van der Waals surface area contributed by atoms with Gasteiger partial charge in [-0.25, -0.2) is 4.39 Å². The molecule has 0 radical (unpaired) electrons. The van der Waals surface area contributed by atoms with E-state index in [9.17, 15) is 9.18 Å². The zero-order valence-electron chi connectivity index (χ0n) is 20.7. The summed E-state index contributed by atoms with van der Waals surface area (Å²) < 4.78 is 19.9. The molecular weight excluding hydrogens is 431 g/mol. The van der Waals surface area contributed by atoms with Gasteiger partial charge >= 0.3 is 0 Å². The lowest BCUT2D eigenvalue weighted by atomic mass is 9.97. The molecule has 2 aromatic rings. The number of carbonyl (C=O) groups excluding carboxylic acids is 1. The smallest absolute Gasteiger partial charge is 0.227 e. The van der Waals surface area contributed by atoms with E-state index in [0.717, 1.165) is 25.1 Å². The molecule has 4 nitrogen and oxygen atoms in total. The average Bonchev–Trinajstić information content (AvgIpc) is 3.07. The van der Waals surface area contributed by atoms with E-state index in [0.29, 0.717) is 0 Å². The largest absolute Gasteiger partial charge is 0.411 e. The molecule has 6 heteroatoms. The summed E-state index contributed by atoms with van der Waals surface area (Å²) in [4.78, 5) is 15.6. The Balaban J connectivity index is 1.45. The Morgan fingerprint density at radius 2 is 1.76 bits per heavy atom. The number of amides is 1. The highest BCUT2D eigenvalue weighted by Gasteiger charge is 2.46. The molecule has 33 heavy (non-hydrogen) atoms. The summed E-state index contributed by atoms with van der Waals surface area (Å²) in [6.07, 6.45) is 1.08. The zero-order chi connectivity index (χ0) is 24.0. The van der Waals surface area contributed by atoms with Crippen LogP contribution >= 0.6 is 0 Å². The fraction of sp³-hybridized carbons (Fsp3) is 0.519. The zero-order valence-corrected chi connectivity index (χ0v) is 21.7. The van der Waals surface area contributed by atoms with Gasteiger partial charge in [-0.3, -0.25) is 9.69 Å². The van der Waals surface area contributed by atoms with Gasteiger partial charge in [-0.2, -0.15) is 0 Å². The third-order valence-corrected chi connectivity index (χ3v) is 12.4. The molecule has 2 aliphatic rings. The van der Waals surface area contributed by atoms with Crippen LogP contribution in [-0.4, -0.2) is 44.4 Å². The number of carbonyl (C=O) groups is 1. The van der Waals surface area contributed by atoms with Gasteiger partial charge in [-0.15, -0.1) is 0 Å². The van der Waals surface area contributed by atoms with Gasteiger partial charge in [0.2, 0.25) is 5.91 Å². The maximum atomic E-state index is 13.3. The molecule has 4 rings (SSSR count). The van der Waals surface area contributed by atoms with Crippen LogP contribution in [0, 0.1) is 5.82 Å². The van der Waals surface area contributed by atoms with Crippen LogP contribution in [-0.2, 0) is 15.6 Å². The SMILES string of the molecule is C[C@H](C(=O)N[C@H]1Cc2ccccc2[C@@H]1N1CC(O[Si](C)(C)C(C)(C)C)C1)c1ccc(F)cc1. The van der Waals surface area contributed by atoms with E-state index in [2.05, 4.69) is 68.3 Å². The number of halogens is 1. The van der Waals surface area contributed by atoms with Crippen LogP contribution in [0.2, 0.25) is 18.1 Å². The van der Waals surface area contributed by atoms with E-state index in [1.165, 1.54) is 23.3 Å². The topological polar surface area (TPSA) is 41.6 Å². The number of nitrogens with one attached hydrogen (secondary N) is 1. The van der Waals surface area contributed by atoms with E-state index < -0.39 is 8.32 Å². The minimum Gasteiger partial charge on any atom is -0.411 e. The third-order valence-electron chi connectivity index (χ3n) is 7.82. The molecule has 0 aromatic heterocycles. The third kappa shape index (κ3) is 4.93. The van der Waals surface area contributed by atoms with Crippen molar-refractivity contribution in [2.75, 3.05) is 13.1 Å². The Bertz CT molecular complexity index is 996. The van der Waals surface area contributed by atoms with E-state index in [1.54, 1.807) is 12.1 Å². The molecule has 1 aliphatic heterocycles. The molecule has 0 unspecified atom stereocenters. The molecule has 3 atom stereocenters. The van der Waals surface area contributed by atoms with Crippen molar-refractivity contribution in [3.05, 3.63) is 71.0 Å². The van der Waals surface area contributed by atoms with Gasteiger partial charge in [0.15, 0.2) is 8.32 Å². The molecule has 1 N–H and O–H groups in total. The first-order valence-corrected chi connectivity index (χ1v) is 14.9. The van der Waals surface area contributed by atoms with Crippen molar-refractivity contribution < 1.29 is 13.6 Å². The van der Waals surface area contributed by atoms with Crippen molar-refractivity contribution >= 4 is 14.2 Å². The minimum atomic E-state index is -1.80. The van der Waals surface area contributed by atoms with Crippen LogP contribution in [0.5, 0.6) is 0 Å². The van der Waals surface area contributed by atoms with E-state index >= 15 is 0 Å². The van der Waals surface area contributed by atoms with Crippen molar-refractivity contribution in [2.24, 2.45) is 0 Å². The monoisotopic (exact) mass is 468 g/mol. The second kappa shape index (κ2) is 8.97. The average molecular weight is 469 g/mol. The Morgan fingerprint density at radius 1 is 1.12 bits per heavy atom. The Hall–Kier alpha value is -2.02. The summed E-state index contributed by atoms with van der Waals surface area (Å²) in [6.45, 7) is 15.1. The van der Waals surface area contributed by atoms with Gasteiger partial charge in [0.25, 0.3) is 0 Å². The number of hydrogen-bond acceptors (Lipinski definition) is 3. The number of rotatable bonds is 6. The molecule has 178 valence electrons. The van der Waals surface area contributed by atoms with E-state index in [4.69, 9.17) is 4.43 Å². The highest BCUT2D eigenvalue weighted by molar-refractivity contribution is 6.74. The van der Waals surface area contributed by atoms with Crippen molar-refractivity contribution in [3.8, 4) is 0 Å². The lowest BCUT2D eigenvalue weighted by Crippen LogP contribution is -2.60. The molecular formula is C27H37FN2O2Si. The van der Waals surface area contributed by atoms with Gasteiger partial charge in [0, 0.05) is 13.1 Å². The normalized spacial score (nSPS) is 22.5. The van der Waals surface area contributed by atoms with E-state index in [1.807, 2.05) is 6.92 Å². The number of fused-ring (bicyclic) bond motifs is 1. The number of benzene rings is 2. The predicted octanol–water partition coefficient (Wildman–Crippen LogP) is 5.42. The van der Waals surface area contributed by atoms with Crippen LogP contribution in [0.3, 0.4) is 0 Å². The maximum Gasteiger partial charge on any atom is 0.227 e. The lowest BCUT2D eigenvalue weighted by Gasteiger charge is -2.49. The van der Waals surface area contributed by atoms with Crippen LogP contribution in [0.15, 0.2) is 48.5 Å². The molecule has 1 heterocycles.